The van der Waals surface area contributed by atoms with Gasteiger partial charge in [-0.2, -0.15) is 0 Å². The number of carbonyl (C=O) groups excluding carboxylic acids is 1. The van der Waals surface area contributed by atoms with Crippen LogP contribution in [-0.2, 0) is 14.9 Å². The van der Waals surface area contributed by atoms with Crippen LogP contribution in [0.15, 0.2) is 103 Å². The van der Waals surface area contributed by atoms with E-state index < -0.39 is 0 Å². The number of rotatable bonds is 9. The second-order valence-electron chi connectivity index (χ2n) is 12.4. The summed E-state index contributed by atoms with van der Waals surface area (Å²) in [6, 6.07) is 36.2. The van der Waals surface area contributed by atoms with E-state index in [-0.39, 0.29) is 35.5 Å². The molecule has 1 N–H and O–H groups in total. The molecule has 208 valence electrons. The van der Waals surface area contributed by atoms with Crippen LogP contribution in [-0.4, -0.2) is 18.1 Å². The summed E-state index contributed by atoms with van der Waals surface area (Å²) < 4.78 is 6.35. The van der Waals surface area contributed by atoms with Crippen LogP contribution in [0, 0.1) is 11.8 Å². The van der Waals surface area contributed by atoms with Crippen LogP contribution >= 0.6 is 0 Å². The van der Waals surface area contributed by atoms with Gasteiger partial charge in [0.25, 0.3) is 0 Å². The molecule has 1 saturated carbocycles. The van der Waals surface area contributed by atoms with Crippen molar-refractivity contribution in [3.05, 3.63) is 120 Å². The lowest BCUT2D eigenvalue weighted by Gasteiger charge is -2.44. The summed E-state index contributed by atoms with van der Waals surface area (Å²) >= 11 is 0. The number of esters is 1. The molecule has 3 heteroatoms. The zero-order valence-electron chi connectivity index (χ0n) is 24.3. The Morgan fingerprint density at radius 3 is 2.10 bits per heavy atom. The lowest BCUT2D eigenvalue weighted by atomic mass is 9.64. The van der Waals surface area contributed by atoms with Gasteiger partial charge in [-0.25, -0.2) is 0 Å². The smallest absolute Gasteiger partial charge is 0.307 e. The summed E-state index contributed by atoms with van der Waals surface area (Å²) in [6.45, 7) is 9.02. The van der Waals surface area contributed by atoms with Gasteiger partial charge in [0, 0.05) is 12.0 Å². The largest absolute Gasteiger partial charge is 0.462 e. The highest BCUT2D eigenvalue weighted by molar-refractivity contribution is 5.83. The standard InChI is InChI=1S/C37H43NO2/c1-26-19-22-33(37(3,4)32-21-20-28-13-11-12-18-31(28)25-32)34(23-26)40-35(39)24-27(2)38-36(29-14-7-5-8-15-29)30-16-9-6-10-17-30/h5-18,20-21,25-27,33-34,36,38H,19,22-24H2,1-4H3/t26-,27-,33-,34-/m0/s1. The minimum atomic E-state index is -0.113. The second-order valence-corrected chi connectivity index (χ2v) is 12.4. The van der Waals surface area contributed by atoms with Crippen LogP contribution in [0.1, 0.15) is 76.1 Å². The number of fused-ring (bicyclic) bond motifs is 1. The third-order valence-electron chi connectivity index (χ3n) is 8.95. The molecule has 1 fully saturated rings. The van der Waals surface area contributed by atoms with Crippen molar-refractivity contribution in [2.24, 2.45) is 11.8 Å². The molecule has 0 spiro atoms. The maximum Gasteiger partial charge on any atom is 0.307 e. The van der Waals surface area contributed by atoms with Gasteiger partial charge in [0.05, 0.1) is 12.5 Å². The number of hydrogen-bond acceptors (Lipinski definition) is 3. The SMILES string of the molecule is C[C@H]1CC[C@H](C(C)(C)c2ccc3ccccc3c2)[C@@H](OC(=O)C[C@H](C)NC(c2ccccc2)c2ccccc2)C1. The average molecular weight is 534 g/mol. The molecule has 1 aliphatic carbocycles. The van der Waals surface area contributed by atoms with Crippen LogP contribution < -0.4 is 5.32 Å². The van der Waals surface area contributed by atoms with Crippen molar-refractivity contribution in [3.63, 3.8) is 0 Å². The molecule has 1 aliphatic rings. The highest BCUT2D eigenvalue weighted by Gasteiger charge is 2.42. The maximum absolute atomic E-state index is 13.4. The van der Waals surface area contributed by atoms with Crippen molar-refractivity contribution in [2.45, 2.75) is 77.0 Å². The van der Waals surface area contributed by atoms with Gasteiger partial charge in [-0.05, 0) is 58.6 Å². The fraction of sp³-hybridized carbons (Fsp3) is 0.378. The van der Waals surface area contributed by atoms with E-state index in [0.29, 0.717) is 12.3 Å². The minimum absolute atomic E-state index is 0.0134. The fourth-order valence-corrected chi connectivity index (χ4v) is 6.57. The van der Waals surface area contributed by atoms with Gasteiger partial charge in [0.15, 0.2) is 0 Å². The molecule has 4 atom stereocenters. The molecular formula is C37H43NO2. The molecule has 0 heterocycles. The molecule has 0 aliphatic heterocycles. The van der Waals surface area contributed by atoms with Crippen LogP contribution in [0.3, 0.4) is 0 Å². The van der Waals surface area contributed by atoms with E-state index in [1.165, 1.54) is 33.9 Å². The molecule has 4 aromatic carbocycles. The Hall–Kier alpha value is -3.43. The quantitative estimate of drug-likeness (QED) is 0.219. The van der Waals surface area contributed by atoms with Gasteiger partial charge in [0.2, 0.25) is 0 Å². The number of hydrogen-bond donors (Lipinski definition) is 1. The minimum Gasteiger partial charge on any atom is -0.462 e. The predicted molar refractivity (Wildman–Crippen MR) is 165 cm³/mol. The topological polar surface area (TPSA) is 38.3 Å². The summed E-state index contributed by atoms with van der Waals surface area (Å²) in [5.74, 6) is 0.717. The Morgan fingerprint density at radius 1 is 0.850 bits per heavy atom. The first-order valence-corrected chi connectivity index (χ1v) is 14.9. The zero-order valence-corrected chi connectivity index (χ0v) is 24.3. The van der Waals surface area contributed by atoms with Crippen molar-refractivity contribution >= 4 is 16.7 Å². The Bertz CT molecular complexity index is 1360. The van der Waals surface area contributed by atoms with E-state index in [1.807, 2.05) is 12.1 Å². The van der Waals surface area contributed by atoms with E-state index >= 15 is 0 Å². The zero-order chi connectivity index (χ0) is 28.1. The molecule has 0 aromatic heterocycles. The van der Waals surface area contributed by atoms with Gasteiger partial charge < -0.3 is 10.1 Å². The number of ether oxygens (including phenoxy) is 1. The van der Waals surface area contributed by atoms with E-state index in [1.54, 1.807) is 0 Å². The maximum atomic E-state index is 13.4. The third kappa shape index (κ3) is 6.47. The average Bonchev–Trinajstić information content (AvgIpc) is 2.96. The Balaban J connectivity index is 1.29. The van der Waals surface area contributed by atoms with Crippen molar-refractivity contribution in [2.75, 3.05) is 0 Å². The Morgan fingerprint density at radius 2 is 1.45 bits per heavy atom. The van der Waals surface area contributed by atoms with Gasteiger partial charge in [-0.15, -0.1) is 0 Å². The lowest BCUT2D eigenvalue weighted by molar-refractivity contribution is -0.157. The molecule has 40 heavy (non-hydrogen) atoms. The molecular weight excluding hydrogens is 490 g/mol. The van der Waals surface area contributed by atoms with Gasteiger partial charge in [-0.1, -0.05) is 130 Å². The third-order valence-corrected chi connectivity index (χ3v) is 8.95. The number of benzene rings is 4. The highest BCUT2D eigenvalue weighted by Crippen LogP contribution is 2.44. The lowest BCUT2D eigenvalue weighted by Crippen LogP contribution is -2.44. The van der Waals surface area contributed by atoms with Crippen LogP contribution in [0.2, 0.25) is 0 Å². The predicted octanol–water partition coefficient (Wildman–Crippen LogP) is 8.62. The van der Waals surface area contributed by atoms with Crippen LogP contribution in [0.4, 0.5) is 0 Å². The molecule has 0 unspecified atom stereocenters. The van der Waals surface area contributed by atoms with Crippen LogP contribution in [0.25, 0.3) is 10.8 Å². The van der Waals surface area contributed by atoms with E-state index in [4.69, 9.17) is 4.74 Å². The van der Waals surface area contributed by atoms with Crippen molar-refractivity contribution in [1.82, 2.24) is 5.32 Å². The first kappa shape index (κ1) is 28.1. The summed E-state index contributed by atoms with van der Waals surface area (Å²) in [5.41, 5.74) is 3.58. The monoisotopic (exact) mass is 533 g/mol. The first-order chi connectivity index (χ1) is 19.3. The Labute approximate surface area is 240 Å². The van der Waals surface area contributed by atoms with Crippen molar-refractivity contribution in [3.8, 4) is 0 Å². The van der Waals surface area contributed by atoms with Gasteiger partial charge in [0.1, 0.15) is 6.10 Å². The summed E-state index contributed by atoms with van der Waals surface area (Å²) in [5, 5.41) is 6.23. The molecule has 3 nitrogen and oxygen atoms in total. The summed E-state index contributed by atoms with van der Waals surface area (Å²) in [7, 11) is 0. The van der Waals surface area contributed by atoms with E-state index in [2.05, 4.69) is 124 Å². The number of nitrogens with one attached hydrogen (secondary N) is 1. The highest BCUT2D eigenvalue weighted by atomic mass is 16.5. The molecule has 0 bridgehead atoms. The number of carbonyl (C=O) groups is 1. The van der Waals surface area contributed by atoms with Gasteiger partial charge >= 0.3 is 5.97 Å². The normalized spacial score (nSPS) is 20.4. The van der Waals surface area contributed by atoms with E-state index in [0.717, 1.165) is 12.8 Å². The van der Waals surface area contributed by atoms with Crippen molar-refractivity contribution < 1.29 is 9.53 Å². The molecule has 5 rings (SSSR count). The van der Waals surface area contributed by atoms with Gasteiger partial charge in [-0.3, -0.25) is 4.79 Å². The molecule has 0 amide bonds. The molecule has 0 saturated heterocycles. The molecule has 0 radical (unpaired) electrons. The van der Waals surface area contributed by atoms with E-state index in [9.17, 15) is 4.79 Å². The van der Waals surface area contributed by atoms with Crippen LogP contribution in [0.5, 0.6) is 0 Å². The molecule has 4 aromatic rings. The van der Waals surface area contributed by atoms with Crippen molar-refractivity contribution in [1.29, 1.82) is 0 Å². The summed E-state index contributed by atoms with van der Waals surface area (Å²) in [4.78, 5) is 13.4. The Kier molecular flexibility index (Phi) is 8.71. The summed E-state index contributed by atoms with van der Waals surface area (Å²) in [6.07, 6.45) is 3.42. The fourth-order valence-electron chi connectivity index (χ4n) is 6.57. The first-order valence-electron chi connectivity index (χ1n) is 14.9. The second kappa shape index (κ2) is 12.4.